The van der Waals surface area contributed by atoms with Gasteiger partial charge in [-0.25, -0.2) is 4.57 Å². The van der Waals surface area contributed by atoms with Crippen LogP contribution in [0.2, 0.25) is 0 Å². The van der Waals surface area contributed by atoms with Gasteiger partial charge in [0.1, 0.15) is 92.6 Å². The smallest absolute Gasteiger partial charge is 0.463 e. The van der Waals surface area contributed by atoms with Gasteiger partial charge in [-0.15, -0.1) is 0 Å². The maximum absolute atomic E-state index is 14.9. The number of aliphatic hydroxyl groups excluding tert-OH is 9. The maximum atomic E-state index is 14.9. The van der Waals surface area contributed by atoms with Crippen LogP contribution in [-0.2, 0) is 70.7 Å². The first-order valence-corrected chi connectivity index (χ1v) is 48.7. The molecule has 0 aromatic rings. The summed E-state index contributed by atoms with van der Waals surface area (Å²) in [5.74, 6) is -1.66. The summed E-state index contributed by atoms with van der Waals surface area (Å²) in [5, 5.41) is 102. The van der Waals surface area contributed by atoms with Crippen molar-refractivity contribution in [2.24, 2.45) is 11.8 Å². The molecule has 0 spiro atoms. The Bertz CT molecular complexity index is 2520. The summed E-state index contributed by atoms with van der Waals surface area (Å²) >= 11 is 0. The lowest BCUT2D eigenvalue weighted by molar-refractivity contribution is -0.360. The first-order valence-electron chi connectivity index (χ1n) is 47.2. The third kappa shape index (κ3) is 49.5. The van der Waals surface area contributed by atoms with Gasteiger partial charge in [0.25, 0.3) is 0 Å². The summed E-state index contributed by atoms with van der Waals surface area (Å²) in [4.78, 5) is 66.5. The van der Waals surface area contributed by atoms with E-state index in [0.29, 0.717) is 50.4 Å². The van der Waals surface area contributed by atoms with E-state index in [0.717, 1.165) is 122 Å². The van der Waals surface area contributed by atoms with E-state index in [2.05, 4.69) is 53.7 Å². The molecule has 0 amide bonds. The van der Waals surface area contributed by atoms with Crippen molar-refractivity contribution in [1.29, 1.82) is 0 Å². The Labute approximate surface area is 705 Å². The van der Waals surface area contributed by atoms with Crippen molar-refractivity contribution in [3.8, 4) is 0 Å². The van der Waals surface area contributed by atoms with Gasteiger partial charge in [0.2, 0.25) is 0 Å². The zero-order valence-electron chi connectivity index (χ0n) is 73.6. The highest BCUT2D eigenvalue weighted by Gasteiger charge is 2.60. The van der Waals surface area contributed by atoms with E-state index in [1.807, 2.05) is 0 Å². The zero-order chi connectivity index (χ0) is 85.7. The number of esters is 4. The second kappa shape index (κ2) is 68.5. The standard InChI is InChI=1S/C91H169O25P/c1-7-11-15-19-23-25-27-29-31-33-35-45-54-62-75(94)108-68-73-79(98)81(100)85(104)91(112-73)115-88-86(113-77(96)64-56-48-40-38-44-52-60-70(6)58-50-42-22-18-14-10-4)82(101)83(102)87(114-90-84(103)80(99)78(97)72(65-92)111-90)89(88)116-117(105,106)109-67-71(110-76(95)63-55-47-36-34-32-30-28-26-24-20-16-12-8-2)66-107-74(93)61-53-46-39-37-43-51-59-69(5)57-49-41-21-17-13-9-3/h29,31,69-73,78-92,97-104H,7-28,30,32-68H2,1-6H3,(H,105,106)/b31-29-. The van der Waals surface area contributed by atoms with Crippen LogP contribution >= 0.6 is 7.82 Å². The predicted octanol–water partition coefficient (Wildman–Crippen LogP) is 17.3. The molecule has 2 saturated heterocycles. The van der Waals surface area contributed by atoms with Gasteiger partial charge in [-0.05, 0) is 63.2 Å². The van der Waals surface area contributed by atoms with Gasteiger partial charge in [-0.2, -0.15) is 0 Å². The Morgan fingerprint density at radius 3 is 1.11 bits per heavy atom. The molecule has 2 heterocycles. The number of hydrogen-bond acceptors (Lipinski definition) is 24. The van der Waals surface area contributed by atoms with E-state index in [1.165, 1.54) is 173 Å². The minimum Gasteiger partial charge on any atom is -0.463 e. The average Bonchev–Trinajstić information content (AvgIpc) is 0.754. The highest BCUT2D eigenvalue weighted by Crippen LogP contribution is 2.49. The molecular formula is C91H169O25P. The largest absolute Gasteiger partial charge is 0.472 e. The van der Waals surface area contributed by atoms with Crippen LogP contribution in [0, 0.1) is 11.8 Å². The number of carbonyl (C=O) groups is 4. The highest BCUT2D eigenvalue weighted by atomic mass is 31.2. The van der Waals surface area contributed by atoms with Crippen molar-refractivity contribution in [2.45, 2.75) is 505 Å². The van der Waals surface area contributed by atoms with Crippen molar-refractivity contribution in [3.63, 3.8) is 0 Å². The molecule has 3 aliphatic rings. The maximum Gasteiger partial charge on any atom is 0.472 e. The summed E-state index contributed by atoms with van der Waals surface area (Å²) in [6.45, 7) is 10.2. The molecule has 2 aliphatic heterocycles. The third-order valence-corrected chi connectivity index (χ3v) is 24.5. The lowest BCUT2D eigenvalue weighted by Crippen LogP contribution is -2.70. The fourth-order valence-corrected chi connectivity index (χ4v) is 16.8. The second-order valence-corrected chi connectivity index (χ2v) is 35.8. The molecule has 20 unspecified atom stereocenters. The Balaban J connectivity index is 1.94. The summed E-state index contributed by atoms with van der Waals surface area (Å²) in [7, 11) is -5.81. The Kier molecular flexibility index (Phi) is 63.5. The van der Waals surface area contributed by atoms with Crippen LogP contribution in [0.5, 0.6) is 0 Å². The SMILES string of the molecule is CCCCCCCC/C=C\CCCCCC(=O)OCC1OC(OC2C(OC(=O)CCCCCCCCC(C)CCCCCCCC)C(O)C(O)C(OC3OC(CO)C(O)C(O)C3O)C2OP(=O)(O)OCC(COC(=O)CCCCCCCCC(C)CCCCCCCC)OC(=O)CCCCCCCCCCCCCCC)C(O)C(O)C1O. The molecule has 3 fully saturated rings. The Morgan fingerprint density at radius 1 is 0.359 bits per heavy atom. The van der Waals surface area contributed by atoms with E-state index < -0.39 is 162 Å². The fourth-order valence-electron chi connectivity index (χ4n) is 15.9. The van der Waals surface area contributed by atoms with Crippen molar-refractivity contribution in [3.05, 3.63) is 12.2 Å². The number of ether oxygens (including phenoxy) is 8. The number of phosphoric acid groups is 1. The van der Waals surface area contributed by atoms with Crippen LogP contribution in [0.3, 0.4) is 0 Å². The number of hydrogen-bond donors (Lipinski definition) is 10. The van der Waals surface area contributed by atoms with E-state index >= 15 is 0 Å². The van der Waals surface area contributed by atoms with Crippen LogP contribution in [0.25, 0.3) is 0 Å². The van der Waals surface area contributed by atoms with Gasteiger partial charge in [0.05, 0.1) is 13.2 Å². The van der Waals surface area contributed by atoms with Crippen LogP contribution < -0.4 is 0 Å². The molecule has 3 rings (SSSR count). The highest BCUT2D eigenvalue weighted by molar-refractivity contribution is 7.47. The molecule has 117 heavy (non-hydrogen) atoms. The Hall–Kier alpha value is -2.79. The van der Waals surface area contributed by atoms with Crippen molar-refractivity contribution < 1.29 is 122 Å². The third-order valence-electron chi connectivity index (χ3n) is 23.6. The lowest BCUT2D eigenvalue weighted by Gasteiger charge is -2.50. The van der Waals surface area contributed by atoms with Gasteiger partial charge in [-0.1, -0.05) is 336 Å². The van der Waals surface area contributed by atoms with Gasteiger partial charge in [-0.3, -0.25) is 28.2 Å². The summed E-state index contributed by atoms with van der Waals surface area (Å²) in [6, 6.07) is 0. The number of rotatable bonds is 75. The molecule has 25 nitrogen and oxygen atoms in total. The lowest BCUT2D eigenvalue weighted by atomic mass is 9.84. The van der Waals surface area contributed by atoms with Gasteiger partial charge < -0.3 is 88.7 Å². The normalized spacial score (nSPS) is 25.6. The van der Waals surface area contributed by atoms with Gasteiger partial charge in [0, 0.05) is 25.7 Å². The van der Waals surface area contributed by atoms with Crippen LogP contribution in [0.15, 0.2) is 12.2 Å². The van der Waals surface area contributed by atoms with Gasteiger partial charge in [0.15, 0.2) is 24.8 Å². The molecule has 0 bridgehead atoms. The zero-order valence-corrected chi connectivity index (χ0v) is 74.5. The molecule has 20 atom stereocenters. The summed E-state index contributed by atoms with van der Waals surface area (Å²) in [5.41, 5.74) is 0. The van der Waals surface area contributed by atoms with E-state index in [1.54, 1.807) is 0 Å². The van der Waals surface area contributed by atoms with Crippen LogP contribution in [0.1, 0.15) is 401 Å². The first kappa shape index (κ1) is 108. The number of unbranched alkanes of at least 4 members (excludes halogenated alkanes) is 41. The molecule has 0 radical (unpaired) electrons. The molecule has 1 saturated carbocycles. The topological polar surface area (TPSA) is 380 Å². The second-order valence-electron chi connectivity index (χ2n) is 34.4. The van der Waals surface area contributed by atoms with Gasteiger partial charge >= 0.3 is 31.7 Å². The quantitative estimate of drug-likeness (QED) is 0.00889. The molecule has 0 aromatic carbocycles. The fraction of sp³-hybridized carbons (Fsp3) is 0.934. The number of allylic oxidation sites excluding steroid dienone is 2. The van der Waals surface area contributed by atoms with Crippen molar-refractivity contribution in [2.75, 3.05) is 26.4 Å². The molecule has 10 N–H and O–H groups in total. The van der Waals surface area contributed by atoms with Crippen molar-refractivity contribution >= 4 is 31.7 Å². The number of aliphatic hydroxyl groups is 9. The molecular weight excluding hydrogens is 1520 g/mol. The first-order chi connectivity index (χ1) is 56.5. The molecule has 26 heteroatoms. The van der Waals surface area contributed by atoms with E-state index in [9.17, 15) is 74.6 Å². The molecule has 688 valence electrons. The van der Waals surface area contributed by atoms with Crippen LogP contribution in [-0.4, -0.2) is 205 Å². The Morgan fingerprint density at radius 2 is 0.692 bits per heavy atom. The summed E-state index contributed by atoms with van der Waals surface area (Å²) < 4.78 is 73.5. The number of carbonyl (C=O) groups excluding carboxylic acids is 4. The average molecular weight is 1690 g/mol. The van der Waals surface area contributed by atoms with Crippen molar-refractivity contribution in [1.82, 2.24) is 0 Å². The monoisotopic (exact) mass is 1690 g/mol. The molecule has 1 aliphatic carbocycles. The van der Waals surface area contributed by atoms with E-state index in [-0.39, 0.29) is 25.7 Å². The number of phosphoric ester groups is 1. The molecule has 0 aromatic heterocycles. The van der Waals surface area contributed by atoms with Crippen LogP contribution in [0.4, 0.5) is 0 Å². The van der Waals surface area contributed by atoms with E-state index in [4.69, 9.17) is 46.9 Å². The summed E-state index contributed by atoms with van der Waals surface area (Å²) in [6.07, 6.45) is 23.7. The predicted molar refractivity (Wildman–Crippen MR) is 453 cm³/mol. The minimum atomic E-state index is -5.81. The minimum absolute atomic E-state index is 0.00533.